The molecule has 8 heteroatoms. The van der Waals surface area contributed by atoms with Crippen molar-refractivity contribution < 1.29 is 13.2 Å². The van der Waals surface area contributed by atoms with Gasteiger partial charge in [0.15, 0.2) is 9.84 Å². The van der Waals surface area contributed by atoms with Gasteiger partial charge in [0.25, 0.3) is 0 Å². The number of hydrogen-bond acceptors (Lipinski definition) is 5. The molecule has 0 aliphatic carbocycles. The minimum absolute atomic E-state index is 0.0824. The summed E-state index contributed by atoms with van der Waals surface area (Å²) in [5.41, 5.74) is 3.16. The molecule has 0 saturated carbocycles. The van der Waals surface area contributed by atoms with Crippen molar-refractivity contribution in [3.63, 3.8) is 0 Å². The molecule has 6 nitrogen and oxygen atoms in total. The predicted molar refractivity (Wildman–Crippen MR) is 105 cm³/mol. The molecule has 0 radical (unpaired) electrons. The number of carbonyl (C=O) groups excluding carboxylic acids is 1. The van der Waals surface area contributed by atoms with Gasteiger partial charge in [-0.3, -0.25) is 4.79 Å². The zero-order valence-electron chi connectivity index (χ0n) is 14.9. The van der Waals surface area contributed by atoms with Gasteiger partial charge in [0.05, 0.1) is 29.0 Å². The molecule has 2 aromatic rings. The Morgan fingerprint density at radius 2 is 2.15 bits per heavy atom. The molecular formula is C18H23N3O3S2. The van der Waals surface area contributed by atoms with Crippen molar-refractivity contribution in [3.05, 3.63) is 47.2 Å². The van der Waals surface area contributed by atoms with E-state index in [1.807, 2.05) is 26.0 Å². The molecule has 1 atom stereocenters. The monoisotopic (exact) mass is 393 g/mol. The smallest absolute Gasteiger partial charge is 0.235 e. The van der Waals surface area contributed by atoms with Gasteiger partial charge in [-0.25, -0.2) is 13.1 Å². The van der Waals surface area contributed by atoms with Crippen molar-refractivity contribution >= 4 is 33.3 Å². The number of thioether (sulfide) groups is 1. The predicted octanol–water partition coefficient (Wildman–Crippen LogP) is 2.73. The van der Waals surface area contributed by atoms with Crippen molar-refractivity contribution in [2.45, 2.75) is 32.1 Å². The number of nitrogens with one attached hydrogen (secondary N) is 1. The SMILES string of the molecule is Cc1cccc(CSCC(=O)Nc2cc(C)nn2[C@H]2CCS(=O)(=O)C2)c1. The van der Waals surface area contributed by atoms with Crippen LogP contribution < -0.4 is 5.32 Å². The molecule has 1 aliphatic rings. The summed E-state index contributed by atoms with van der Waals surface area (Å²) in [6.45, 7) is 3.88. The van der Waals surface area contributed by atoms with E-state index in [0.717, 1.165) is 11.4 Å². The molecule has 1 saturated heterocycles. The topological polar surface area (TPSA) is 81.1 Å². The van der Waals surface area contributed by atoms with E-state index in [9.17, 15) is 13.2 Å². The van der Waals surface area contributed by atoms with E-state index in [0.29, 0.717) is 18.0 Å². The first-order valence-corrected chi connectivity index (χ1v) is 11.5. The van der Waals surface area contributed by atoms with Gasteiger partial charge in [0.1, 0.15) is 5.82 Å². The van der Waals surface area contributed by atoms with Crippen LogP contribution in [0.3, 0.4) is 0 Å². The fourth-order valence-electron chi connectivity index (χ4n) is 3.10. The lowest BCUT2D eigenvalue weighted by atomic mass is 10.2. The minimum atomic E-state index is -3.01. The normalized spacial score (nSPS) is 18.8. The van der Waals surface area contributed by atoms with Crippen LogP contribution in [0.1, 0.15) is 29.3 Å². The Labute approximate surface area is 158 Å². The first-order chi connectivity index (χ1) is 12.3. The fourth-order valence-corrected chi connectivity index (χ4v) is 5.57. The van der Waals surface area contributed by atoms with Crippen molar-refractivity contribution in [1.82, 2.24) is 9.78 Å². The first kappa shape index (κ1) is 19.0. The molecule has 0 unspecified atom stereocenters. The second kappa shape index (κ2) is 7.84. The molecule has 0 bridgehead atoms. The Balaban J connectivity index is 1.58. The molecule has 1 aromatic heterocycles. The van der Waals surface area contributed by atoms with Crippen molar-refractivity contribution in [2.75, 3.05) is 22.6 Å². The third kappa shape index (κ3) is 4.88. The standard InChI is InChI=1S/C18H23N3O3S2/c1-13-4-3-5-15(8-13)10-25-11-18(22)19-17-9-14(2)20-21(17)16-6-7-26(23,24)12-16/h3-5,8-9,16H,6-7,10-12H2,1-2H3,(H,19,22)/t16-/m0/s1. The molecule has 26 heavy (non-hydrogen) atoms. The van der Waals surface area contributed by atoms with E-state index >= 15 is 0 Å². The highest BCUT2D eigenvalue weighted by Crippen LogP contribution is 2.27. The summed E-state index contributed by atoms with van der Waals surface area (Å²) in [6, 6.07) is 9.81. The second-order valence-corrected chi connectivity index (χ2v) is 9.92. The number of nitrogens with zero attached hydrogens (tertiary/aromatic N) is 2. The van der Waals surface area contributed by atoms with Crippen molar-refractivity contribution in [2.24, 2.45) is 0 Å². The van der Waals surface area contributed by atoms with Crippen molar-refractivity contribution in [3.8, 4) is 0 Å². The summed E-state index contributed by atoms with van der Waals surface area (Å²) in [5.74, 6) is 1.83. The summed E-state index contributed by atoms with van der Waals surface area (Å²) in [4.78, 5) is 12.3. The number of aryl methyl sites for hydroxylation is 2. The zero-order chi connectivity index (χ0) is 18.7. The fraction of sp³-hybridized carbons (Fsp3) is 0.444. The lowest BCUT2D eigenvalue weighted by Crippen LogP contribution is -2.20. The van der Waals surface area contributed by atoms with Crippen LogP contribution in [0, 0.1) is 13.8 Å². The summed E-state index contributed by atoms with van der Waals surface area (Å²) in [5, 5.41) is 7.26. The van der Waals surface area contributed by atoms with E-state index in [-0.39, 0.29) is 23.5 Å². The Hall–Kier alpha value is -1.80. The molecule has 1 fully saturated rings. The minimum Gasteiger partial charge on any atom is -0.310 e. The largest absolute Gasteiger partial charge is 0.310 e. The van der Waals surface area contributed by atoms with Crippen LogP contribution in [-0.4, -0.2) is 41.4 Å². The van der Waals surface area contributed by atoms with Crippen LogP contribution in [0.4, 0.5) is 5.82 Å². The van der Waals surface area contributed by atoms with E-state index in [1.54, 1.807) is 22.5 Å². The Morgan fingerprint density at radius 3 is 2.85 bits per heavy atom. The van der Waals surface area contributed by atoms with Gasteiger partial charge in [-0.05, 0) is 25.8 Å². The van der Waals surface area contributed by atoms with Crippen LogP contribution in [0.25, 0.3) is 0 Å². The Bertz CT molecular complexity index is 906. The molecule has 1 aromatic carbocycles. The third-order valence-corrected chi connectivity index (χ3v) is 7.02. The average molecular weight is 394 g/mol. The number of amides is 1. The van der Waals surface area contributed by atoms with Crippen LogP contribution in [0.5, 0.6) is 0 Å². The van der Waals surface area contributed by atoms with Gasteiger partial charge in [-0.2, -0.15) is 5.10 Å². The van der Waals surface area contributed by atoms with Gasteiger partial charge >= 0.3 is 0 Å². The van der Waals surface area contributed by atoms with Crippen LogP contribution >= 0.6 is 11.8 Å². The molecule has 1 N–H and O–H groups in total. The molecule has 1 amide bonds. The molecule has 140 valence electrons. The number of rotatable bonds is 6. The Kier molecular flexibility index (Phi) is 5.72. The molecular weight excluding hydrogens is 370 g/mol. The number of aromatic nitrogens is 2. The first-order valence-electron chi connectivity index (χ1n) is 8.52. The number of hydrogen-bond donors (Lipinski definition) is 1. The summed E-state index contributed by atoms with van der Waals surface area (Å²) in [7, 11) is -3.01. The summed E-state index contributed by atoms with van der Waals surface area (Å²) >= 11 is 1.55. The van der Waals surface area contributed by atoms with Gasteiger partial charge in [-0.15, -0.1) is 11.8 Å². The molecule has 3 rings (SSSR count). The third-order valence-electron chi connectivity index (χ3n) is 4.26. The maximum absolute atomic E-state index is 12.3. The molecule has 0 spiro atoms. The Morgan fingerprint density at radius 1 is 1.35 bits per heavy atom. The number of sulfone groups is 1. The number of carbonyl (C=O) groups is 1. The maximum Gasteiger partial charge on any atom is 0.235 e. The highest BCUT2D eigenvalue weighted by molar-refractivity contribution is 7.99. The average Bonchev–Trinajstić information content (AvgIpc) is 3.09. The lowest BCUT2D eigenvalue weighted by Gasteiger charge is -2.13. The van der Waals surface area contributed by atoms with Crippen LogP contribution in [-0.2, 0) is 20.4 Å². The van der Waals surface area contributed by atoms with Gasteiger partial charge in [-0.1, -0.05) is 29.8 Å². The summed E-state index contributed by atoms with van der Waals surface area (Å²) < 4.78 is 25.1. The van der Waals surface area contributed by atoms with E-state index in [1.165, 1.54) is 11.1 Å². The van der Waals surface area contributed by atoms with Gasteiger partial charge in [0.2, 0.25) is 5.91 Å². The van der Waals surface area contributed by atoms with Gasteiger partial charge in [0, 0.05) is 11.8 Å². The van der Waals surface area contributed by atoms with Crippen molar-refractivity contribution in [1.29, 1.82) is 0 Å². The van der Waals surface area contributed by atoms with E-state index < -0.39 is 9.84 Å². The molecule has 1 aliphatic heterocycles. The quantitative estimate of drug-likeness (QED) is 0.816. The second-order valence-electron chi connectivity index (χ2n) is 6.70. The van der Waals surface area contributed by atoms with Crippen LogP contribution in [0.2, 0.25) is 0 Å². The summed E-state index contributed by atoms with van der Waals surface area (Å²) in [6.07, 6.45) is 0.536. The van der Waals surface area contributed by atoms with Gasteiger partial charge < -0.3 is 5.32 Å². The van der Waals surface area contributed by atoms with E-state index in [4.69, 9.17) is 0 Å². The van der Waals surface area contributed by atoms with E-state index in [2.05, 4.69) is 22.5 Å². The van der Waals surface area contributed by atoms with Crippen LogP contribution in [0.15, 0.2) is 30.3 Å². The highest BCUT2D eigenvalue weighted by atomic mass is 32.2. The zero-order valence-corrected chi connectivity index (χ0v) is 16.6. The maximum atomic E-state index is 12.3. The lowest BCUT2D eigenvalue weighted by molar-refractivity contribution is -0.113. The molecule has 2 heterocycles. The number of anilines is 1. The highest BCUT2D eigenvalue weighted by Gasteiger charge is 2.31. The number of benzene rings is 1.